The fraction of sp³-hybridized carbons (Fsp3) is 0.667. The van der Waals surface area contributed by atoms with Crippen molar-refractivity contribution in [3.63, 3.8) is 0 Å². The summed E-state index contributed by atoms with van der Waals surface area (Å²) < 4.78 is 16.6. The largest absolute Gasteiger partial charge is 0.507 e. The number of para-hydroxylation sites is 1. The first-order valence-corrected chi connectivity index (χ1v) is 13.0. The number of aliphatic hydroxyl groups is 3. The van der Waals surface area contributed by atoms with Crippen LogP contribution in [-0.4, -0.2) is 118 Å². The Balaban J connectivity index is 1.62. The Morgan fingerprint density at radius 1 is 1.22 bits per heavy atom. The molecule has 36 heavy (non-hydrogen) atoms. The van der Waals surface area contributed by atoms with Crippen molar-refractivity contribution in [3.8, 4) is 5.75 Å². The first-order valence-electron chi connectivity index (χ1n) is 12.0. The summed E-state index contributed by atoms with van der Waals surface area (Å²) in [6.45, 7) is 2.48. The van der Waals surface area contributed by atoms with Gasteiger partial charge in [0, 0.05) is 12.9 Å². The van der Waals surface area contributed by atoms with Crippen molar-refractivity contribution < 1.29 is 44.2 Å². The van der Waals surface area contributed by atoms with Crippen LogP contribution in [0.3, 0.4) is 0 Å². The van der Waals surface area contributed by atoms with Crippen LogP contribution in [-0.2, 0) is 19.0 Å². The number of methoxy groups -OCH3 is 1. The second kappa shape index (κ2) is 13.0. The lowest BCUT2D eigenvalue weighted by Crippen LogP contribution is -2.66. The van der Waals surface area contributed by atoms with Gasteiger partial charge in [0.05, 0.1) is 18.2 Å². The number of likely N-dealkylation sites (N-methyl/N-ethyl adjacent to an activating group) is 1. The normalized spacial score (nSPS) is 30.5. The van der Waals surface area contributed by atoms with Gasteiger partial charge in [-0.25, -0.2) is 4.79 Å². The van der Waals surface area contributed by atoms with Crippen molar-refractivity contribution in [1.82, 2.24) is 10.2 Å². The first kappa shape index (κ1) is 28.6. The van der Waals surface area contributed by atoms with Gasteiger partial charge >= 0.3 is 5.97 Å². The van der Waals surface area contributed by atoms with E-state index in [9.17, 15) is 30.0 Å². The molecule has 2 saturated heterocycles. The van der Waals surface area contributed by atoms with Gasteiger partial charge in [0.1, 0.15) is 47.8 Å². The summed E-state index contributed by atoms with van der Waals surface area (Å²) in [5, 5.41) is 44.4. The molecule has 1 aromatic rings. The number of ether oxygens (including phenoxy) is 3. The molecule has 0 bridgehead atoms. The van der Waals surface area contributed by atoms with Gasteiger partial charge in [-0.1, -0.05) is 12.1 Å². The molecule has 1 aromatic carbocycles. The number of carbonyl (C=O) groups excluding carboxylic acids is 2. The molecule has 1 amide bonds. The maximum absolute atomic E-state index is 13.0. The minimum absolute atomic E-state index is 0.0371. The highest BCUT2D eigenvalue weighted by molar-refractivity contribution is 7.99. The van der Waals surface area contributed by atoms with Crippen LogP contribution in [0.25, 0.3) is 0 Å². The SMILES string of the molecule is CO[C@H](C)[C@H](NC(=O)[C@@H]1CCCN1C)[C@H]1O[C@@H](SCCOC(=O)c2ccccc2O)[C@@H](O)[C@@H](O)[C@H]1O. The Kier molecular flexibility index (Phi) is 10.4. The molecule has 0 aromatic heterocycles. The molecule has 3 rings (SSSR count). The number of aliphatic hydroxyl groups excluding tert-OH is 3. The summed E-state index contributed by atoms with van der Waals surface area (Å²) in [5.41, 5.74) is -0.926. The maximum Gasteiger partial charge on any atom is 0.341 e. The van der Waals surface area contributed by atoms with Gasteiger partial charge in [0.2, 0.25) is 5.91 Å². The molecule has 2 fully saturated rings. The average Bonchev–Trinajstić information content (AvgIpc) is 3.30. The van der Waals surface area contributed by atoms with E-state index in [1.807, 2.05) is 11.9 Å². The summed E-state index contributed by atoms with van der Waals surface area (Å²) in [7, 11) is 3.34. The summed E-state index contributed by atoms with van der Waals surface area (Å²) in [5.74, 6) is -0.896. The van der Waals surface area contributed by atoms with Crippen LogP contribution in [0.5, 0.6) is 5.75 Å². The van der Waals surface area contributed by atoms with Gasteiger partial charge in [-0.05, 0) is 45.5 Å². The van der Waals surface area contributed by atoms with Crippen LogP contribution in [0, 0.1) is 0 Å². The Labute approximate surface area is 214 Å². The van der Waals surface area contributed by atoms with Gasteiger partial charge in [0.25, 0.3) is 0 Å². The molecule has 11 nitrogen and oxygen atoms in total. The van der Waals surface area contributed by atoms with Gasteiger partial charge < -0.3 is 40.0 Å². The molecule has 202 valence electrons. The molecule has 5 N–H and O–H groups in total. The van der Waals surface area contributed by atoms with Crippen LogP contribution in [0.1, 0.15) is 30.1 Å². The highest BCUT2D eigenvalue weighted by Crippen LogP contribution is 2.31. The van der Waals surface area contributed by atoms with Gasteiger partial charge in [-0.15, -0.1) is 11.8 Å². The van der Waals surface area contributed by atoms with E-state index in [1.165, 1.54) is 19.2 Å². The van der Waals surface area contributed by atoms with Crippen LogP contribution in [0.4, 0.5) is 0 Å². The van der Waals surface area contributed by atoms with Crippen LogP contribution >= 0.6 is 11.8 Å². The van der Waals surface area contributed by atoms with Crippen molar-refractivity contribution >= 4 is 23.6 Å². The van der Waals surface area contributed by atoms with E-state index in [2.05, 4.69) is 5.32 Å². The molecule has 2 heterocycles. The average molecular weight is 529 g/mol. The number of benzene rings is 1. The highest BCUT2D eigenvalue weighted by Gasteiger charge is 2.49. The number of phenols is 1. The Hall–Kier alpha value is -1.93. The van der Waals surface area contributed by atoms with Gasteiger partial charge in [0.15, 0.2) is 0 Å². The number of aromatic hydroxyl groups is 1. The van der Waals surface area contributed by atoms with Crippen molar-refractivity contribution in [2.24, 2.45) is 0 Å². The number of esters is 1. The minimum atomic E-state index is -1.53. The van der Waals surface area contributed by atoms with Crippen molar-refractivity contribution in [2.45, 2.75) is 67.8 Å². The zero-order valence-corrected chi connectivity index (χ0v) is 21.5. The topological polar surface area (TPSA) is 158 Å². The molecule has 0 saturated carbocycles. The molecule has 0 unspecified atom stereocenters. The lowest BCUT2D eigenvalue weighted by Gasteiger charge is -2.44. The van der Waals surface area contributed by atoms with Crippen molar-refractivity contribution in [1.29, 1.82) is 0 Å². The zero-order chi connectivity index (χ0) is 26.4. The molecule has 12 heteroatoms. The number of carbonyl (C=O) groups is 2. The molecule has 0 spiro atoms. The number of amides is 1. The molecule has 2 aliphatic rings. The fourth-order valence-electron chi connectivity index (χ4n) is 4.45. The van der Waals surface area contributed by atoms with Crippen LogP contribution < -0.4 is 5.32 Å². The summed E-state index contributed by atoms with van der Waals surface area (Å²) in [6.07, 6.45) is -4.42. The Morgan fingerprint density at radius 3 is 2.58 bits per heavy atom. The van der Waals surface area contributed by atoms with E-state index in [0.717, 1.165) is 24.7 Å². The minimum Gasteiger partial charge on any atom is -0.507 e. The van der Waals surface area contributed by atoms with Crippen molar-refractivity contribution in [3.05, 3.63) is 29.8 Å². The molecular formula is C24H36N2O9S. The second-order valence-corrected chi connectivity index (χ2v) is 10.3. The second-order valence-electron chi connectivity index (χ2n) is 9.08. The smallest absolute Gasteiger partial charge is 0.341 e. The highest BCUT2D eigenvalue weighted by atomic mass is 32.2. The maximum atomic E-state index is 13.0. The van der Waals surface area contributed by atoms with Gasteiger partial charge in [-0.3, -0.25) is 9.69 Å². The third-order valence-corrected chi connectivity index (χ3v) is 7.81. The Morgan fingerprint density at radius 2 is 1.94 bits per heavy atom. The number of nitrogens with one attached hydrogen (secondary N) is 1. The summed E-state index contributed by atoms with van der Waals surface area (Å²) in [6, 6.07) is 4.91. The third kappa shape index (κ3) is 6.68. The predicted molar refractivity (Wildman–Crippen MR) is 132 cm³/mol. The van der Waals surface area contributed by atoms with Gasteiger partial charge in [-0.2, -0.15) is 0 Å². The summed E-state index contributed by atoms with van der Waals surface area (Å²) >= 11 is 1.09. The number of hydrogen-bond donors (Lipinski definition) is 5. The molecule has 8 atom stereocenters. The third-order valence-electron chi connectivity index (χ3n) is 6.69. The van der Waals surface area contributed by atoms with E-state index in [0.29, 0.717) is 6.42 Å². The van der Waals surface area contributed by atoms with E-state index in [-0.39, 0.29) is 35.6 Å². The number of thioether (sulfide) groups is 1. The van der Waals surface area contributed by atoms with E-state index in [1.54, 1.807) is 19.1 Å². The Bertz CT molecular complexity index is 891. The molecule has 0 aliphatic carbocycles. The number of likely N-dealkylation sites (tertiary alicyclic amines) is 1. The first-order chi connectivity index (χ1) is 17.1. The standard InChI is InChI=1S/C24H36N2O9S/c1-13(33-3)17(25-22(31)15-8-6-10-26(15)2)21-19(29)18(28)20(30)24(35-21)36-12-11-34-23(32)14-7-4-5-9-16(14)27/h4-5,7,9,13,15,17-21,24,27-30H,6,8,10-12H2,1-3H3,(H,25,31)/t13-,15+,17+,18+,19-,20+,21-,24+/m1/s1. The van der Waals surface area contributed by atoms with Crippen molar-refractivity contribution in [2.75, 3.05) is 33.1 Å². The number of nitrogens with zero attached hydrogens (tertiary/aromatic N) is 1. The monoisotopic (exact) mass is 528 g/mol. The van der Waals surface area contributed by atoms with E-state index < -0.39 is 48.0 Å². The molecule has 2 aliphatic heterocycles. The zero-order valence-electron chi connectivity index (χ0n) is 20.6. The van der Waals surface area contributed by atoms with E-state index >= 15 is 0 Å². The fourth-order valence-corrected chi connectivity index (χ4v) is 5.42. The quantitative estimate of drug-likeness (QED) is 0.201. The van der Waals surface area contributed by atoms with E-state index in [4.69, 9.17) is 14.2 Å². The molecule has 0 radical (unpaired) electrons. The molecular weight excluding hydrogens is 492 g/mol. The number of phenolic OH excluding ortho intramolecular Hbond substituents is 1. The lowest BCUT2D eigenvalue weighted by atomic mass is 9.92. The number of hydrogen-bond acceptors (Lipinski definition) is 11. The summed E-state index contributed by atoms with van der Waals surface area (Å²) in [4.78, 5) is 27.1. The number of rotatable bonds is 10. The van der Waals surface area contributed by atoms with Crippen LogP contribution in [0.15, 0.2) is 24.3 Å². The lowest BCUT2D eigenvalue weighted by molar-refractivity contribution is -0.212. The van der Waals surface area contributed by atoms with Crippen LogP contribution in [0.2, 0.25) is 0 Å². The predicted octanol–water partition coefficient (Wildman–Crippen LogP) is -0.296.